The van der Waals surface area contributed by atoms with Crippen LogP contribution in [-0.2, 0) is 11.3 Å². The van der Waals surface area contributed by atoms with Gasteiger partial charge in [0.2, 0.25) is 11.9 Å². The van der Waals surface area contributed by atoms with E-state index in [-0.39, 0.29) is 11.9 Å². The van der Waals surface area contributed by atoms with Gasteiger partial charge in [0, 0.05) is 53.9 Å². The molecule has 1 saturated carbocycles. The van der Waals surface area contributed by atoms with Crippen LogP contribution in [0.3, 0.4) is 0 Å². The van der Waals surface area contributed by atoms with Crippen molar-refractivity contribution in [3.8, 4) is 11.3 Å². The third-order valence-electron chi connectivity index (χ3n) is 7.00. The molecule has 10 heteroatoms. The topological polar surface area (TPSA) is 111 Å². The standard InChI is InChI=1S/C30H35ClN8O/c1-39(2)14-6-11-28(40)36-23-13-12-22(33-17-23)16-32-20-7-5-8-21(15-20)37-30-35-19-26(31)29(38-30)25-18-34-27-10-4-3-9-24(25)27/h3-4,6,9-13,17-21,32,34H,5,7-8,14-16H2,1-2H3,(H,36,40)(H,35,37,38). The van der Waals surface area contributed by atoms with E-state index in [1.807, 2.05) is 61.6 Å². The predicted molar refractivity (Wildman–Crippen MR) is 161 cm³/mol. The minimum Gasteiger partial charge on any atom is -0.360 e. The second kappa shape index (κ2) is 13.0. The van der Waals surface area contributed by atoms with Crippen molar-refractivity contribution in [2.45, 2.75) is 44.3 Å². The number of para-hydroxylation sites is 1. The molecule has 1 fully saturated rings. The minimum atomic E-state index is -0.159. The number of amides is 1. The van der Waals surface area contributed by atoms with E-state index in [1.165, 1.54) is 0 Å². The molecule has 208 valence electrons. The summed E-state index contributed by atoms with van der Waals surface area (Å²) in [6, 6.07) is 12.6. The van der Waals surface area contributed by atoms with Crippen LogP contribution in [0.1, 0.15) is 31.4 Å². The molecular formula is C30H35ClN8O. The molecule has 1 amide bonds. The van der Waals surface area contributed by atoms with Crippen LogP contribution in [0, 0.1) is 0 Å². The highest BCUT2D eigenvalue weighted by Crippen LogP contribution is 2.32. The van der Waals surface area contributed by atoms with Crippen molar-refractivity contribution in [1.29, 1.82) is 0 Å². The van der Waals surface area contributed by atoms with Crippen molar-refractivity contribution in [3.63, 3.8) is 0 Å². The first-order valence-corrected chi connectivity index (χ1v) is 14.0. The number of benzene rings is 1. The summed E-state index contributed by atoms with van der Waals surface area (Å²) in [5.74, 6) is 0.430. The van der Waals surface area contributed by atoms with E-state index in [0.29, 0.717) is 35.8 Å². The van der Waals surface area contributed by atoms with Crippen molar-refractivity contribution < 1.29 is 4.79 Å². The molecule has 0 aliphatic heterocycles. The van der Waals surface area contributed by atoms with Gasteiger partial charge in [0.25, 0.3) is 0 Å². The van der Waals surface area contributed by atoms with E-state index in [0.717, 1.165) is 53.5 Å². The van der Waals surface area contributed by atoms with Crippen molar-refractivity contribution in [1.82, 2.24) is 30.2 Å². The number of aromatic amines is 1. The number of H-pyrrole nitrogens is 1. The number of pyridine rings is 1. The molecule has 4 N–H and O–H groups in total. The number of aromatic nitrogens is 4. The Bertz CT molecular complexity index is 1470. The molecule has 2 atom stereocenters. The molecule has 0 spiro atoms. The third kappa shape index (κ3) is 7.24. The lowest BCUT2D eigenvalue weighted by molar-refractivity contribution is -0.111. The number of hydrogen-bond acceptors (Lipinski definition) is 7. The number of likely N-dealkylation sites (N-methyl/N-ethyl adjacent to an activating group) is 1. The summed E-state index contributed by atoms with van der Waals surface area (Å²) in [5.41, 5.74) is 4.34. The third-order valence-corrected chi connectivity index (χ3v) is 7.28. The Balaban J connectivity index is 1.14. The zero-order valence-corrected chi connectivity index (χ0v) is 23.6. The van der Waals surface area contributed by atoms with Crippen LogP contribution in [0.25, 0.3) is 22.2 Å². The maximum atomic E-state index is 12.0. The van der Waals surface area contributed by atoms with E-state index in [4.69, 9.17) is 16.6 Å². The second-order valence-electron chi connectivity index (χ2n) is 10.4. The van der Waals surface area contributed by atoms with Gasteiger partial charge in [-0.1, -0.05) is 35.9 Å². The van der Waals surface area contributed by atoms with Gasteiger partial charge in [0.15, 0.2) is 0 Å². The quantitative estimate of drug-likeness (QED) is 0.197. The van der Waals surface area contributed by atoms with Crippen LogP contribution in [0.15, 0.2) is 67.1 Å². The SMILES string of the molecule is CN(C)CC=CC(=O)Nc1ccc(CNC2CCCC(Nc3ncc(Cl)c(-c4c[nH]c5ccccc45)n3)C2)nc1. The Morgan fingerprint density at radius 1 is 1.12 bits per heavy atom. The van der Waals surface area contributed by atoms with Crippen LogP contribution in [0.5, 0.6) is 0 Å². The molecule has 4 aromatic rings. The van der Waals surface area contributed by atoms with Gasteiger partial charge in [-0.15, -0.1) is 0 Å². The lowest BCUT2D eigenvalue weighted by Crippen LogP contribution is -2.39. The first-order valence-electron chi connectivity index (χ1n) is 13.6. The molecule has 3 heterocycles. The zero-order chi connectivity index (χ0) is 27.9. The molecule has 0 radical (unpaired) electrons. The largest absolute Gasteiger partial charge is 0.360 e. The van der Waals surface area contributed by atoms with Crippen molar-refractivity contribution in [2.75, 3.05) is 31.3 Å². The van der Waals surface area contributed by atoms with Gasteiger partial charge < -0.3 is 25.8 Å². The number of carbonyl (C=O) groups is 1. The maximum Gasteiger partial charge on any atom is 0.248 e. The number of nitrogens with zero attached hydrogens (tertiary/aromatic N) is 4. The number of fused-ring (bicyclic) bond motifs is 1. The number of rotatable bonds is 10. The van der Waals surface area contributed by atoms with Gasteiger partial charge in [-0.3, -0.25) is 9.78 Å². The fourth-order valence-corrected chi connectivity index (χ4v) is 5.18. The van der Waals surface area contributed by atoms with E-state index >= 15 is 0 Å². The first-order chi connectivity index (χ1) is 19.4. The summed E-state index contributed by atoms with van der Waals surface area (Å²) in [5, 5.41) is 11.6. The molecule has 1 aliphatic rings. The fraction of sp³-hybridized carbons (Fsp3) is 0.333. The van der Waals surface area contributed by atoms with Crippen molar-refractivity contribution in [3.05, 3.63) is 77.9 Å². The number of carbonyl (C=O) groups excluding carboxylic acids is 1. The second-order valence-corrected chi connectivity index (χ2v) is 10.8. The van der Waals surface area contributed by atoms with E-state index in [9.17, 15) is 4.79 Å². The Morgan fingerprint density at radius 2 is 1.98 bits per heavy atom. The molecule has 0 bridgehead atoms. The lowest BCUT2D eigenvalue weighted by atomic mass is 9.91. The lowest BCUT2D eigenvalue weighted by Gasteiger charge is -2.30. The number of anilines is 2. The highest BCUT2D eigenvalue weighted by atomic mass is 35.5. The average molecular weight is 559 g/mol. The van der Waals surface area contributed by atoms with Crippen LogP contribution in [-0.4, -0.2) is 63.5 Å². The molecular weight excluding hydrogens is 524 g/mol. The summed E-state index contributed by atoms with van der Waals surface area (Å²) in [7, 11) is 3.91. The van der Waals surface area contributed by atoms with E-state index in [2.05, 4.69) is 37.0 Å². The smallest absolute Gasteiger partial charge is 0.248 e. The fourth-order valence-electron chi connectivity index (χ4n) is 4.99. The Labute approximate surface area is 239 Å². The minimum absolute atomic E-state index is 0.159. The van der Waals surface area contributed by atoms with Gasteiger partial charge in [0.05, 0.1) is 34.5 Å². The summed E-state index contributed by atoms with van der Waals surface area (Å²) < 4.78 is 0. The van der Waals surface area contributed by atoms with Crippen LogP contribution in [0.4, 0.5) is 11.6 Å². The summed E-state index contributed by atoms with van der Waals surface area (Å²) in [4.78, 5) is 31.1. The highest BCUT2D eigenvalue weighted by molar-refractivity contribution is 6.33. The Morgan fingerprint density at radius 3 is 2.80 bits per heavy atom. The van der Waals surface area contributed by atoms with Crippen LogP contribution < -0.4 is 16.0 Å². The number of hydrogen-bond donors (Lipinski definition) is 4. The highest BCUT2D eigenvalue weighted by Gasteiger charge is 2.23. The van der Waals surface area contributed by atoms with Gasteiger partial charge in [-0.25, -0.2) is 9.97 Å². The Kier molecular flexibility index (Phi) is 9.05. The molecule has 1 aromatic carbocycles. The van der Waals surface area contributed by atoms with Gasteiger partial charge >= 0.3 is 0 Å². The monoisotopic (exact) mass is 558 g/mol. The summed E-state index contributed by atoms with van der Waals surface area (Å²) in [6.45, 7) is 1.38. The average Bonchev–Trinajstić information content (AvgIpc) is 3.38. The predicted octanol–water partition coefficient (Wildman–Crippen LogP) is 5.24. The first kappa shape index (κ1) is 27.8. The normalized spacial score (nSPS) is 17.5. The van der Waals surface area contributed by atoms with Crippen LogP contribution >= 0.6 is 11.6 Å². The Hall–Kier alpha value is -3.79. The van der Waals surface area contributed by atoms with Crippen molar-refractivity contribution >= 4 is 40.0 Å². The van der Waals surface area contributed by atoms with E-state index < -0.39 is 0 Å². The van der Waals surface area contributed by atoms with Crippen molar-refractivity contribution in [2.24, 2.45) is 0 Å². The maximum absolute atomic E-state index is 12.0. The molecule has 0 saturated heterocycles. The van der Waals surface area contributed by atoms with Crippen LogP contribution in [0.2, 0.25) is 5.02 Å². The van der Waals surface area contributed by atoms with Gasteiger partial charge in [-0.05, 0) is 58.0 Å². The molecule has 40 heavy (non-hydrogen) atoms. The number of halogens is 1. The van der Waals surface area contributed by atoms with E-state index in [1.54, 1.807) is 18.5 Å². The zero-order valence-electron chi connectivity index (χ0n) is 22.8. The molecule has 2 unspecified atom stereocenters. The van der Waals surface area contributed by atoms with Gasteiger partial charge in [0.1, 0.15) is 0 Å². The summed E-state index contributed by atoms with van der Waals surface area (Å²) in [6.07, 6.45) is 12.9. The molecule has 5 rings (SSSR count). The molecule has 1 aliphatic carbocycles. The summed E-state index contributed by atoms with van der Waals surface area (Å²) >= 11 is 6.51. The van der Waals surface area contributed by atoms with Gasteiger partial charge in [-0.2, -0.15) is 0 Å². The molecule has 9 nitrogen and oxygen atoms in total. The molecule has 3 aromatic heterocycles. The number of nitrogens with one attached hydrogen (secondary N) is 4.